The minimum atomic E-state index is 0.0668. The molecule has 5 nitrogen and oxygen atoms in total. The number of hydrogen-bond donors (Lipinski definition) is 1. The number of hydrogen-bond acceptors (Lipinski definition) is 4. The molecule has 1 aliphatic heterocycles. The molecular weight excluding hydrogens is 336 g/mol. The lowest BCUT2D eigenvalue weighted by Gasteiger charge is -2.38. The first-order valence-electron chi connectivity index (χ1n) is 9.89. The van der Waals surface area contributed by atoms with E-state index in [2.05, 4.69) is 46.1 Å². The number of piperazine rings is 1. The van der Waals surface area contributed by atoms with E-state index in [1.165, 1.54) is 11.3 Å². The van der Waals surface area contributed by atoms with Crippen LogP contribution < -0.4 is 10.2 Å². The quantitative estimate of drug-likeness (QED) is 0.814. The van der Waals surface area contributed by atoms with Crippen molar-refractivity contribution in [3.8, 4) is 0 Å². The van der Waals surface area contributed by atoms with Gasteiger partial charge in [0.2, 0.25) is 5.91 Å². The van der Waals surface area contributed by atoms with Gasteiger partial charge in [0.15, 0.2) is 0 Å². The van der Waals surface area contributed by atoms with E-state index in [1.54, 1.807) is 6.20 Å². The molecule has 1 aliphatic rings. The molecule has 1 amide bonds. The van der Waals surface area contributed by atoms with Gasteiger partial charge in [-0.05, 0) is 62.6 Å². The van der Waals surface area contributed by atoms with E-state index in [1.807, 2.05) is 30.5 Å². The molecule has 2 aromatic rings. The van der Waals surface area contributed by atoms with E-state index < -0.39 is 0 Å². The Labute approximate surface area is 162 Å². The molecule has 1 aromatic heterocycles. The van der Waals surface area contributed by atoms with Gasteiger partial charge in [0, 0.05) is 62.4 Å². The third kappa shape index (κ3) is 5.79. The van der Waals surface area contributed by atoms with Crippen LogP contribution in [-0.4, -0.2) is 48.0 Å². The zero-order valence-corrected chi connectivity index (χ0v) is 16.4. The van der Waals surface area contributed by atoms with Crippen LogP contribution >= 0.6 is 0 Å². The Hall–Kier alpha value is -2.40. The standard InChI is InChI=1S/C22H30N4O/c1-18(2)25-13-15-26(16-14-25)21-10-8-20(9-11-21)24-22(27)7-3-5-19-6-4-12-23-17-19/h4,6,8-12,17-18H,3,5,7,13-16H2,1-2H3,(H,24,27). The van der Waals surface area contributed by atoms with Gasteiger partial charge in [-0.2, -0.15) is 0 Å². The maximum absolute atomic E-state index is 12.1. The lowest BCUT2D eigenvalue weighted by atomic mass is 10.1. The van der Waals surface area contributed by atoms with E-state index >= 15 is 0 Å². The Bertz CT molecular complexity index is 707. The lowest BCUT2D eigenvalue weighted by Crippen LogP contribution is -2.48. The molecule has 0 radical (unpaired) electrons. The second-order valence-electron chi connectivity index (χ2n) is 7.43. The highest BCUT2D eigenvalue weighted by Crippen LogP contribution is 2.20. The predicted molar refractivity (Wildman–Crippen MR) is 111 cm³/mol. The van der Waals surface area contributed by atoms with Crippen LogP contribution in [0.15, 0.2) is 48.8 Å². The summed E-state index contributed by atoms with van der Waals surface area (Å²) in [6.45, 7) is 8.82. The Morgan fingerprint density at radius 3 is 2.48 bits per heavy atom. The normalized spacial score (nSPS) is 15.1. The first kappa shape index (κ1) is 19.4. The molecule has 1 fully saturated rings. The van der Waals surface area contributed by atoms with Crippen molar-refractivity contribution >= 4 is 17.3 Å². The molecular formula is C22H30N4O. The number of aryl methyl sites for hydroxylation is 1. The van der Waals surface area contributed by atoms with Crippen LogP contribution in [0.25, 0.3) is 0 Å². The molecule has 0 bridgehead atoms. The molecule has 2 heterocycles. The van der Waals surface area contributed by atoms with Crippen molar-refractivity contribution in [1.82, 2.24) is 9.88 Å². The molecule has 1 N–H and O–H groups in total. The molecule has 0 aliphatic carbocycles. The Kier molecular flexibility index (Phi) is 6.82. The van der Waals surface area contributed by atoms with Gasteiger partial charge in [-0.15, -0.1) is 0 Å². The lowest BCUT2D eigenvalue weighted by molar-refractivity contribution is -0.116. The summed E-state index contributed by atoms with van der Waals surface area (Å²) in [6.07, 6.45) is 5.85. The first-order valence-corrected chi connectivity index (χ1v) is 9.89. The largest absolute Gasteiger partial charge is 0.369 e. The van der Waals surface area contributed by atoms with Gasteiger partial charge in [0.1, 0.15) is 0 Å². The molecule has 0 unspecified atom stereocenters. The SMILES string of the molecule is CC(C)N1CCN(c2ccc(NC(=O)CCCc3cccnc3)cc2)CC1. The average Bonchev–Trinajstić information content (AvgIpc) is 2.69. The van der Waals surface area contributed by atoms with Gasteiger partial charge in [-0.3, -0.25) is 14.7 Å². The van der Waals surface area contributed by atoms with E-state index in [4.69, 9.17) is 0 Å². The molecule has 0 atom stereocenters. The van der Waals surface area contributed by atoms with Crippen molar-refractivity contribution in [2.24, 2.45) is 0 Å². The Morgan fingerprint density at radius 1 is 1.11 bits per heavy atom. The molecule has 144 valence electrons. The van der Waals surface area contributed by atoms with Crippen LogP contribution in [0, 0.1) is 0 Å². The highest BCUT2D eigenvalue weighted by atomic mass is 16.1. The number of nitrogens with zero attached hydrogens (tertiary/aromatic N) is 3. The summed E-state index contributed by atoms with van der Waals surface area (Å²) in [6, 6.07) is 12.8. The van der Waals surface area contributed by atoms with Crippen molar-refractivity contribution < 1.29 is 4.79 Å². The molecule has 1 aromatic carbocycles. The van der Waals surface area contributed by atoms with Gasteiger partial charge < -0.3 is 10.2 Å². The van der Waals surface area contributed by atoms with Crippen molar-refractivity contribution in [2.45, 2.75) is 39.2 Å². The molecule has 3 rings (SSSR count). The fraction of sp³-hybridized carbons (Fsp3) is 0.455. The Morgan fingerprint density at radius 2 is 1.85 bits per heavy atom. The van der Waals surface area contributed by atoms with Crippen molar-refractivity contribution in [3.05, 3.63) is 54.4 Å². The van der Waals surface area contributed by atoms with Gasteiger partial charge in [-0.1, -0.05) is 6.07 Å². The summed E-state index contributed by atoms with van der Waals surface area (Å²) in [7, 11) is 0. The first-order chi connectivity index (χ1) is 13.1. The predicted octanol–water partition coefficient (Wildman–Crippen LogP) is 3.57. The minimum Gasteiger partial charge on any atom is -0.369 e. The van der Waals surface area contributed by atoms with E-state index in [0.717, 1.165) is 44.7 Å². The second-order valence-corrected chi connectivity index (χ2v) is 7.43. The fourth-order valence-electron chi connectivity index (χ4n) is 3.47. The van der Waals surface area contributed by atoms with E-state index in [0.29, 0.717) is 12.5 Å². The number of rotatable bonds is 7. The highest BCUT2D eigenvalue weighted by Gasteiger charge is 2.18. The summed E-state index contributed by atoms with van der Waals surface area (Å²) in [5, 5.41) is 3.00. The average molecular weight is 367 g/mol. The molecule has 27 heavy (non-hydrogen) atoms. The van der Waals surface area contributed by atoms with E-state index in [-0.39, 0.29) is 5.91 Å². The van der Waals surface area contributed by atoms with Gasteiger partial charge in [0.25, 0.3) is 0 Å². The fourth-order valence-corrected chi connectivity index (χ4v) is 3.47. The zero-order valence-electron chi connectivity index (χ0n) is 16.4. The second kappa shape index (κ2) is 9.51. The van der Waals surface area contributed by atoms with Crippen molar-refractivity contribution in [1.29, 1.82) is 0 Å². The number of carbonyl (C=O) groups excluding carboxylic acids is 1. The summed E-state index contributed by atoms with van der Waals surface area (Å²) in [4.78, 5) is 21.2. The van der Waals surface area contributed by atoms with Gasteiger partial charge in [0.05, 0.1) is 0 Å². The topological polar surface area (TPSA) is 48.5 Å². The molecule has 1 saturated heterocycles. The third-order valence-corrected chi connectivity index (χ3v) is 5.15. The maximum atomic E-state index is 12.1. The molecule has 5 heteroatoms. The van der Waals surface area contributed by atoms with Crippen molar-refractivity contribution in [3.63, 3.8) is 0 Å². The minimum absolute atomic E-state index is 0.0668. The van der Waals surface area contributed by atoms with Crippen LogP contribution in [0.4, 0.5) is 11.4 Å². The zero-order chi connectivity index (χ0) is 19.1. The number of aromatic nitrogens is 1. The summed E-state index contributed by atoms with van der Waals surface area (Å²) < 4.78 is 0. The van der Waals surface area contributed by atoms with Crippen LogP contribution in [0.1, 0.15) is 32.3 Å². The number of benzene rings is 1. The summed E-state index contributed by atoms with van der Waals surface area (Å²) >= 11 is 0. The number of amides is 1. The van der Waals surface area contributed by atoms with Crippen LogP contribution in [0.2, 0.25) is 0 Å². The number of carbonyl (C=O) groups is 1. The number of anilines is 2. The summed E-state index contributed by atoms with van der Waals surface area (Å²) in [5.41, 5.74) is 3.27. The molecule has 0 spiro atoms. The van der Waals surface area contributed by atoms with E-state index in [9.17, 15) is 4.79 Å². The molecule has 0 saturated carbocycles. The van der Waals surface area contributed by atoms with Crippen LogP contribution in [-0.2, 0) is 11.2 Å². The number of nitrogens with one attached hydrogen (secondary N) is 1. The smallest absolute Gasteiger partial charge is 0.224 e. The number of pyridine rings is 1. The highest BCUT2D eigenvalue weighted by molar-refractivity contribution is 5.90. The van der Waals surface area contributed by atoms with Crippen LogP contribution in [0.3, 0.4) is 0 Å². The van der Waals surface area contributed by atoms with Gasteiger partial charge >= 0.3 is 0 Å². The van der Waals surface area contributed by atoms with Crippen molar-refractivity contribution in [2.75, 3.05) is 36.4 Å². The third-order valence-electron chi connectivity index (χ3n) is 5.15. The summed E-state index contributed by atoms with van der Waals surface area (Å²) in [5.74, 6) is 0.0668. The van der Waals surface area contributed by atoms with Gasteiger partial charge in [-0.25, -0.2) is 0 Å². The van der Waals surface area contributed by atoms with Crippen LogP contribution in [0.5, 0.6) is 0 Å². The monoisotopic (exact) mass is 366 g/mol. The maximum Gasteiger partial charge on any atom is 0.224 e. The Balaban J connectivity index is 1.43.